The number of carbonyl (C=O) groups is 3. The number of hydrazone groups is 1. The average Bonchev–Trinajstić information content (AvgIpc) is 3.06. The first-order valence-electron chi connectivity index (χ1n) is 14.4. The van der Waals surface area contributed by atoms with Crippen molar-refractivity contribution in [1.82, 2.24) is 16.1 Å². The Morgan fingerprint density at radius 1 is 1.04 bits per heavy atom. The van der Waals surface area contributed by atoms with Crippen molar-refractivity contribution < 1.29 is 43.0 Å². The summed E-state index contributed by atoms with van der Waals surface area (Å²) in [5, 5.41) is 20.3. The molecule has 3 amide bonds. The van der Waals surface area contributed by atoms with E-state index in [1.165, 1.54) is 32.6 Å². The Balaban J connectivity index is 1.36. The van der Waals surface area contributed by atoms with Gasteiger partial charge in [-0.25, -0.2) is 15.0 Å². The van der Waals surface area contributed by atoms with Crippen LogP contribution in [0.3, 0.4) is 0 Å². The number of carbonyl (C=O) groups excluding carboxylic acids is 3. The lowest BCUT2D eigenvalue weighted by Gasteiger charge is -2.28. The lowest BCUT2D eigenvalue weighted by Crippen LogP contribution is -2.45. The second-order valence-corrected chi connectivity index (χ2v) is 10.4. The number of rotatable bonds is 14. The summed E-state index contributed by atoms with van der Waals surface area (Å²) < 4.78 is 27.4. The zero-order valence-corrected chi connectivity index (χ0v) is 27.1. The summed E-state index contributed by atoms with van der Waals surface area (Å²) in [7, 11) is 2.85. The number of benzene rings is 3. The van der Waals surface area contributed by atoms with E-state index in [0.717, 1.165) is 0 Å². The number of hydrogen-bond acceptors (Lipinski definition) is 11. The van der Waals surface area contributed by atoms with E-state index in [1.807, 2.05) is 0 Å². The highest BCUT2D eigenvalue weighted by molar-refractivity contribution is 6.32. The van der Waals surface area contributed by atoms with Gasteiger partial charge in [-0.2, -0.15) is 5.10 Å². The maximum atomic E-state index is 12.6. The molecule has 4 rings (SSSR count). The Morgan fingerprint density at radius 3 is 2.44 bits per heavy atom. The van der Waals surface area contributed by atoms with E-state index in [9.17, 15) is 24.5 Å². The Morgan fingerprint density at radius 2 is 1.77 bits per heavy atom. The standard InChI is InChI=1S/C32H32ClN5O10/c1-5-46-31(40)28-18(2)35-32(41)36-29(28)21-8-11-24(25(14-21)44-3)47-17-27(39)37-34-15-20-12-23(33)30(26(13-20)45-4)48-16-19-6-9-22(10-7-19)38(42)43/h6-15,29H,5,16-17H2,1-4H3,(H,37,39)(H2,35,36,41)/b34-15-/t29-/m1/s1. The molecule has 0 spiro atoms. The summed E-state index contributed by atoms with van der Waals surface area (Å²) in [6.07, 6.45) is 1.35. The summed E-state index contributed by atoms with van der Waals surface area (Å²) >= 11 is 6.42. The SMILES string of the molecule is CCOC(=O)C1=C(C)NC(=O)N[C@@H]1c1ccc(OCC(=O)N/N=C\c2cc(Cl)c(OCc3ccc([N+](=O)[O-])cc3)c(OC)c2)c(OC)c1. The number of methoxy groups -OCH3 is 2. The van der Waals surface area contributed by atoms with E-state index in [4.69, 9.17) is 35.3 Å². The molecule has 0 saturated heterocycles. The van der Waals surface area contributed by atoms with Crippen molar-refractivity contribution in [3.8, 4) is 23.0 Å². The van der Waals surface area contributed by atoms with Gasteiger partial charge in [0.1, 0.15) is 6.61 Å². The maximum absolute atomic E-state index is 12.6. The monoisotopic (exact) mass is 681 g/mol. The van der Waals surface area contributed by atoms with E-state index >= 15 is 0 Å². The summed E-state index contributed by atoms with van der Waals surface area (Å²) in [5.41, 5.74) is 4.65. The molecule has 0 aliphatic carbocycles. The van der Waals surface area contributed by atoms with Crippen LogP contribution < -0.4 is 35.0 Å². The van der Waals surface area contributed by atoms with Crippen LogP contribution in [0.2, 0.25) is 5.02 Å². The van der Waals surface area contributed by atoms with Crippen LogP contribution in [0.1, 0.15) is 36.6 Å². The topological polar surface area (TPSA) is 189 Å². The number of esters is 1. The summed E-state index contributed by atoms with van der Waals surface area (Å²) in [5.74, 6) is -0.0890. The Labute approximate surface area is 279 Å². The number of nitro benzene ring substituents is 1. The van der Waals surface area contributed by atoms with Gasteiger partial charge in [0.25, 0.3) is 11.6 Å². The van der Waals surface area contributed by atoms with Crippen LogP contribution in [0, 0.1) is 10.1 Å². The molecule has 1 heterocycles. The number of halogens is 1. The highest BCUT2D eigenvalue weighted by Crippen LogP contribution is 2.37. The first-order valence-corrected chi connectivity index (χ1v) is 14.7. The molecule has 252 valence electrons. The first kappa shape index (κ1) is 35.0. The molecule has 3 aromatic rings. The number of nitro groups is 1. The van der Waals surface area contributed by atoms with Crippen molar-refractivity contribution in [2.45, 2.75) is 26.5 Å². The van der Waals surface area contributed by atoms with E-state index < -0.39 is 35.5 Å². The number of allylic oxidation sites excluding steroid dienone is 1. The van der Waals surface area contributed by atoms with Gasteiger partial charge in [-0.3, -0.25) is 14.9 Å². The molecule has 0 fully saturated rings. The molecule has 1 aliphatic heterocycles. The largest absolute Gasteiger partial charge is 0.493 e. The lowest BCUT2D eigenvalue weighted by atomic mass is 9.95. The van der Waals surface area contributed by atoms with Gasteiger partial charge in [-0.05, 0) is 66.9 Å². The molecule has 3 N–H and O–H groups in total. The Bertz CT molecular complexity index is 1760. The van der Waals surface area contributed by atoms with Gasteiger partial charge in [-0.15, -0.1) is 0 Å². The van der Waals surface area contributed by atoms with Gasteiger partial charge in [0.2, 0.25) is 0 Å². The van der Waals surface area contributed by atoms with Crippen molar-refractivity contribution in [3.63, 3.8) is 0 Å². The summed E-state index contributed by atoms with van der Waals surface area (Å²) in [6.45, 7) is 3.13. The number of amides is 3. The van der Waals surface area contributed by atoms with Crippen molar-refractivity contribution in [2.24, 2.45) is 5.10 Å². The molecular formula is C32H32ClN5O10. The zero-order valence-electron chi connectivity index (χ0n) is 26.3. The summed E-state index contributed by atoms with van der Waals surface area (Å²) in [4.78, 5) is 47.6. The second-order valence-electron chi connectivity index (χ2n) is 10.0. The van der Waals surface area contributed by atoms with Crippen LogP contribution in [0.15, 0.2) is 71.0 Å². The van der Waals surface area contributed by atoms with E-state index in [0.29, 0.717) is 28.1 Å². The number of urea groups is 1. The van der Waals surface area contributed by atoms with Crippen LogP contribution in [0.25, 0.3) is 0 Å². The molecule has 16 heteroatoms. The Kier molecular flexibility index (Phi) is 11.8. The number of ether oxygens (including phenoxy) is 5. The van der Waals surface area contributed by atoms with Crippen LogP contribution in [0.4, 0.5) is 10.5 Å². The number of nitrogens with zero attached hydrogens (tertiary/aromatic N) is 2. The van der Waals surface area contributed by atoms with Gasteiger partial charge >= 0.3 is 12.0 Å². The van der Waals surface area contributed by atoms with Crippen molar-refractivity contribution in [3.05, 3.63) is 97.7 Å². The minimum absolute atomic E-state index is 0.0320. The quantitative estimate of drug-likeness (QED) is 0.0941. The van der Waals surface area contributed by atoms with Crippen LogP contribution in [0.5, 0.6) is 23.0 Å². The van der Waals surface area contributed by atoms with Crippen molar-refractivity contribution >= 4 is 41.4 Å². The molecule has 1 atom stereocenters. The number of hydrogen-bond donors (Lipinski definition) is 3. The van der Waals surface area contributed by atoms with E-state index in [1.54, 1.807) is 56.3 Å². The predicted octanol–water partition coefficient (Wildman–Crippen LogP) is 4.56. The predicted molar refractivity (Wildman–Crippen MR) is 173 cm³/mol. The molecule has 3 aromatic carbocycles. The zero-order chi connectivity index (χ0) is 34.8. The maximum Gasteiger partial charge on any atom is 0.338 e. The van der Waals surface area contributed by atoms with Crippen LogP contribution >= 0.6 is 11.6 Å². The molecule has 0 saturated carbocycles. The van der Waals surface area contributed by atoms with Crippen LogP contribution in [-0.4, -0.2) is 56.5 Å². The van der Waals surface area contributed by atoms with Crippen LogP contribution in [-0.2, 0) is 20.9 Å². The van der Waals surface area contributed by atoms with E-state index in [2.05, 4.69) is 21.2 Å². The van der Waals surface area contributed by atoms with Gasteiger partial charge < -0.3 is 34.3 Å². The molecule has 1 aliphatic rings. The summed E-state index contributed by atoms with van der Waals surface area (Å²) in [6, 6.07) is 12.6. The minimum atomic E-state index is -0.804. The van der Waals surface area contributed by atoms with Gasteiger partial charge in [-0.1, -0.05) is 17.7 Å². The number of nitrogens with one attached hydrogen (secondary N) is 3. The minimum Gasteiger partial charge on any atom is -0.493 e. The van der Waals surface area contributed by atoms with Crippen molar-refractivity contribution in [2.75, 3.05) is 27.4 Å². The fraction of sp³-hybridized carbons (Fsp3) is 0.250. The molecule has 0 bridgehead atoms. The molecular weight excluding hydrogens is 650 g/mol. The fourth-order valence-corrected chi connectivity index (χ4v) is 4.86. The average molecular weight is 682 g/mol. The van der Waals surface area contributed by atoms with Gasteiger partial charge in [0.15, 0.2) is 29.6 Å². The first-order chi connectivity index (χ1) is 23.0. The molecule has 15 nitrogen and oxygen atoms in total. The van der Waals surface area contributed by atoms with Gasteiger partial charge in [0.05, 0.1) is 48.6 Å². The highest BCUT2D eigenvalue weighted by atomic mass is 35.5. The third kappa shape index (κ3) is 8.70. The molecule has 0 radical (unpaired) electrons. The lowest BCUT2D eigenvalue weighted by molar-refractivity contribution is -0.384. The normalized spacial score (nSPS) is 14.1. The number of non-ortho nitro benzene ring substituents is 1. The van der Waals surface area contributed by atoms with Crippen molar-refractivity contribution in [1.29, 1.82) is 0 Å². The fourth-order valence-electron chi connectivity index (χ4n) is 4.58. The second kappa shape index (κ2) is 16.1. The molecule has 0 aromatic heterocycles. The third-order valence-electron chi connectivity index (χ3n) is 6.83. The molecule has 0 unspecified atom stereocenters. The Hall–Kier alpha value is -5.83. The smallest absolute Gasteiger partial charge is 0.338 e. The van der Waals surface area contributed by atoms with E-state index in [-0.39, 0.29) is 46.7 Å². The highest BCUT2D eigenvalue weighted by Gasteiger charge is 2.32. The molecule has 48 heavy (non-hydrogen) atoms. The third-order valence-corrected chi connectivity index (χ3v) is 7.11. The van der Waals surface area contributed by atoms with Gasteiger partial charge in [0, 0.05) is 17.8 Å².